The van der Waals surface area contributed by atoms with Crippen LogP contribution in [-0.2, 0) is 6.42 Å². The van der Waals surface area contributed by atoms with Crippen LogP contribution in [0, 0.1) is 0 Å². The molecular weight excluding hydrogens is 278 g/mol. The number of hydrogen-bond acceptors (Lipinski definition) is 0. The summed E-state index contributed by atoms with van der Waals surface area (Å²) in [7, 11) is 4.43. The van der Waals surface area contributed by atoms with E-state index in [1.165, 1.54) is 33.5 Å². The Bertz CT molecular complexity index is 748. The highest BCUT2D eigenvalue weighted by Gasteiger charge is 2.18. The number of likely N-dealkylation sites (N-methyl/N-ethyl adjacent to an activating group) is 1. The van der Waals surface area contributed by atoms with Crippen molar-refractivity contribution >= 4 is 11.8 Å². The minimum Gasteiger partial charge on any atom is -0.293 e. The molecule has 3 rings (SSSR count). The lowest BCUT2D eigenvalue weighted by Crippen LogP contribution is -2.40. The van der Waals surface area contributed by atoms with Gasteiger partial charge in [-0.25, -0.2) is 0 Å². The average Bonchev–Trinajstić information content (AvgIpc) is 2.98. The highest BCUT2D eigenvalue weighted by Crippen LogP contribution is 2.35. The van der Waals surface area contributed by atoms with Crippen LogP contribution in [-0.4, -0.2) is 20.6 Å². The Labute approximate surface area is 140 Å². The molecule has 2 aromatic carbocycles. The minimum absolute atomic E-state index is 0.830. The van der Waals surface area contributed by atoms with Gasteiger partial charge in [0.2, 0.25) is 0 Å². The molecule has 0 spiro atoms. The van der Waals surface area contributed by atoms with Gasteiger partial charge in [-0.1, -0.05) is 43.4 Å². The summed E-state index contributed by atoms with van der Waals surface area (Å²) in [6.45, 7) is 7.04. The highest BCUT2D eigenvalue weighted by atomic mass is 15.3. The predicted molar refractivity (Wildman–Crippen MR) is 103 cm³/mol. The first-order chi connectivity index (χ1) is 11.0. The molecule has 0 N–H and O–H groups in total. The van der Waals surface area contributed by atoms with E-state index < -0.39 is 0 Å². The van der Waals surface area contributed by atoms with E-state index in [4.69, 9.17) is 0 Å². The van der Waals surface area contributed by atoms with Crippen LogP contribution in [0.2, 0.25) is 0 Å². The first-order valence-electron chi connectivity index (χ1n) is 8.41. The summed E-state index contributed by atoms with van der Waals surface area (Å²) in [5.74, 6) is 0. The van der Waals surface area contributed by atoms with Crippen molar-refractivity contribution in [1.29, 1.82) is 0 Å². The normalized spacial score (nSPS) is 13.6. The maximum absolute atomic E-state index is 3.87. The molecule has 0 unspecified atom stereocenters. The van der Waals surface area contributed by atoms with Crippen LogP contribution in [0.15, 0.2) is 60.7 Å². The zero-order valence-corrected chi connectivity index (χ0v) is 14.5. The van der Waals surface area contributed by atoms with Crippen molar-refractivity contribution in [2.24, 2.45) is 0 Å². The minimum atomic E-state index is 0.830. The van der Waals surface area contributed by atoms with Crippen molar-refractivity contribution < 1.29 is 0 Å². The molecule has 0 saturated heterocycles. The van der Waals surface area contributed by atoms with Crippen LogP contribution in [0.25, 0.3) is 17.2 Å². The van der Waals surface area contributed by atoms with Gasteiger partial charge >= 0.3 is 0 Å². The number of nitrogens with zero attached hydrogens (tertiary/aromatic N) is 1. The van der Waals surface area contributed by atoms with Crippen LogP contribution >= 0.6 is 0 Å². The number of rotatable bonds is 5. The summed E-state index contributed by atoms with van der Waals surface area (Å²) in [6, 6.07) is 15.7. The van der Waals surface area contributed by atoms with Gasteiger partial charge in [-0.3, -0.25) is 4.48 Å². The van der Waals surface area contributed by atoms with Crippen LogP contribution in [0.4, 0.5) is 5.69 Å². The number of fused-ring (bicyclic) bond motifs is 1. The van der Waals surface area contributed by atoms with Gasteiger partial charge < -0.3 is 0 Å². The first kappa shape index (κ1) is 15.8. The fourth-order valence-corrected chi connectivity index (χ4v) is 3.39. The van der Waals surface area contributed by atoms with E-state index in [0.29, 0.717) is 0 Å². The number of hydrogen-bond donors (Lipinski definition) is 0. The second kappa shape index (κ2) is 6.17. The molecule has 2 aromatic rings. The Morgan fingerprint density at radius 2 is 1.83 bits per heavy atom. The van der Waals surface area contributed by atoms with Crippen LogP contribution in [0.5, 0.6) is 0 Å². The van der Waals surface area contributed by atoms with E-state index in [1.807, 2.05) is 6.08 Å². The van der Waals surface area contributed by atoms with E-state index in [9.17, 15) is 0 Å². The fraction of sp³-hybridized carbons (Fsp3) is 0.273. The topological polar surface area (TPSA) is 0 Å². The van der Waals surface area contributed by atoms with Gasteiger partial charge in [0, 0.05) is 0 Å². The van der Waals surface area contributed by atoms with Gasteiger partial charge in [0.25, 0.3) is 0 Å². The fourth-order valence-electron chi connectivity index (χ4n) is 3.39. The third-order valence-electron chi connectivity index (χ3n) is 4.88. The largest absolute Gasteiger partial charge is 0.293 e. The second-order valence-corrected chi connectivity index (χ2v) is 6.91. The predicted octanol–water partition coefficient (Wildman–Crippen LogP) is 5.46. The van der Waals surface area contributed by atoms with Crippen LogP contribution < -0.4 is 4.48 Å². The third-order valence-corrected chi connectivity index (χ3v) is 4.88. The summed E-state index contributed by atoms with van der Waals surface area (Å²) in [5.41, 5.74) is 8.38. The van der Waals surface area contributed by atoms with Gasteiger partial charge in [-0.05, 0) is 65.4 Å². The van der Waals surface area contributed by atoms with Gasteiger partial charge in [0.15, 0.2) is 0 Å². The summed E-state index contributed by atoms with van der Waals surface area (Å²) in [6.07, 6.45) is 6.62. The second-order valence-electron chi connectivity index (χ2n) is 6.91. The lowest BCUT2D eigenvalue weighted by Gasteiger charge is -2.28. The van der Waals surface area contributed by atoms with E-state index in [2.05, 4.69) is 76.1 Å². The van der Waals surface area contributed by atoms with E-state index in [1.54, 1.807) is 0 Å². The number of allylic oxidation sites excluding steroid dienone is 1. The molecule has 0 bridgehead atoms. The molecule has 1 nitrogen and oxygen atoms in total. The van der Waals surface area contributed by atoms with Gasteiger partial charge in [0.1, 0.15) is 12.2 Å². The molecule has 118 valence electrons. The van der Waals surface area contributed by atoms with Gasteiger partial charge in [-0.2, -0.15) is 0 Å². The molecule has 0 amide bonds. The summed E-state index contributed by atoms with van der Waals surface area (Å²) < 4.78 is 0.830. The maximum atomic E-state index is 3.87. The lowest BCUT2D eigenvalue weighted by molar-refractivity contribution is 0.442. The molecule has 0 aliphatic heterocycles. The molecule has 1 heteroatoms. The summed E-state index contributed by atoms with van der Waals surface area (Å²) >= 11 is 0. The van der Waals surface area contributed by atoms with E-state index in [0.717, 1.165) is 23.9 Å². The smallest absolute Gasteiger partial charge is 0.132 e. The van der Waals surface area contributed by atoms with Crippen molar-refractivity contribution in [3.05, 3.63) is 71.8 Å². The number of benzene rings is 2. The lowest BCUT2D eigenvalue weighted by atomic mass is 9.97. The highest BCUT2D eigenvalue weighted by molar-refractivity contribution is 5.81. The Balaban J connectivity index is 1.97. The van der Waals surface area contributed by atoms with E-state index >= 15 is 0 Å². The van der Waals surface area contributed by atoms with Gasteiger partial charge in [-0.15, -0.1) is 0 Å². The zero-order valence-electron chi connectivity index (χ0n) is 14.5. The Kier molecular flexibility index (Phi) is 4.23. The molecule has 0 aromatic heterocycles. The SMILES string of the molecule is C=CC[N+](C)(C)c1ccc(-c2cccc3c2C=C(CC)C3)cc1. The number of quaternary nitrogens is 1. The van der Waals surface area contributed by atoms with Crippen molar-refractivity contribution in [2.45, 2.75) is 19.8 Å². The molecule has 0 atom stereocenters. The molecule has 1 aliphatic carbocycles. The molecule has 0 saturated carbocycles. The van der Waals surface area contributed by atoms with Crippen molar-refractivity contribution in [2.75, 3.05) is 20.6 Å². The quantitative estimate of drug-likeness (QED) is 0.508. The Morgan fingerprint density at radius 3 is 2.48 bits per heavy atom. The maximum Gasteiger partial charge on any atom is 0.132 e. The van der Waals surface area contributed by atoms with Crippen molar-refractivity contribution in [1.82, 2.24) is 4.48 Å². The summed E-state index contributed by atoms with van der Waals surface area (Å²) in [4.78, 5) is 0. The monoisotopic (exact) mass is 304 g/mol. The Hall–Kier alpha value is -2.12. The van der Waals surface area contributed by atoms with Gasteiger partial charge in [0.05, 0.1) is 14.1 Å². The van der Waals surface area contributed by atoms with E-state index in [-0.39, 0.29) is 0 Å². The zero-order chi connectivity index (χ0) is 16.4. The van der Waals surface area contributed by atoms with Crippen molar-refractivity contribution in [3.8, 4) is 11.1 Å². The molecule has 1 aliphatic rings. The molecular formula is C22H26N+. The summed E-state index contributed by atoms with van der Waals surface area (Å²) in [5, 5.41) is 0. The molecule has 23 heavy (non-hydrogen) atoms. The van der Waals surface area contributed by atoms with Crippen molar-refractivity contribution in [3.63, 3.8) is 0 Å². The Morgan fingerprint density at radius 1 is 1.09 bits per heavy atom. The average molecular weight is 304 g/mol. The van der Waals surface area contributed by atoms with Crippen LogP contribution in [0.3, 0.4) is 0 Å². The first-order valence-corrected chi connectivity index (χ1v) is 8.41. The molecule has 0 fully saturated rings. The van der Waals surface area contributed by atoms with Crippen LogP contribution in [0.1, 0.15) is 24.5 Å². The molecule has 0 radical (unpaired) electrons. The third kappa shape index (κ3) is 3.02. The molecule has 0 heterocycles. The standard InChI is InChI=1S/C22H26N/c1-5-14-23(3,4)20-12-10-18(11-13-20)21-9-7-8-19-15-17(6-2)16-22(19)21/h5,7-13,16H,1,6,14-15H2,2-4H3/q+1.